The van der Waals surface area contributed by atoms with E-state index in [1.54, 1.807) is 19.2 Å². The van der Waals surface area contributed by atoms with Crippen LogP contribution in [0.1, 0.15) is 36.6 Å². The first-order valence-electron chi connectivity index (χ1n) is 10.5. The second-order valence-electron chi connectivity index (χ2n) is 7.84. The molecule has 3 aromatic rings. The zero-order valence-electron chi connectivity index (χ0n) is 17.7. The van der Waals surface area contributed by atoms with Crippen LogP contribution in [-0.4, -0.2) is 50.5 Å². The van der Waals surface area contributed by atoms with E-state index in [0.29, 0.717) is 36.1 Å². The number of carbonyl (C=O) groups excluding carboxylic acids is 1. The number of rotatable bonds is 7. The molecule has 1 N–H and O–H groups in total. The number of pyridine rings is 1. The predicted molar refractivity (Wildman–Crippen MR) is 117 cm³/mol. The number of piperidine rings is 1. The predicted octanol–water partition coefficient (Wildman–Crippen LogP) is 3.56. The number of non-ortho nitro benzene ring substituents is 1. The fourth-order valence-electron chi connectivity index (χ4n) is 3.73. The summed E-state index contributed by atoms with van der Waals surface area (Å²) in [5.74, 6) is 1.16. The molecule has 2 aromatic heterocycles. The van der Waals surface area contributed by atoms with E-state index in [9.17, 15) is 14.9 Å². The molecule has 1 aliphatic heterocycles. The highest BCUT2D eigenvalue weighted by Gasteiger charge is 2.26. The minimum absolute atomic E-state index is 0.0415. The Morgan fingerprint density at radius 1 is 1.28 bits per heavy atom. The molecule has 166 valence electrons. The molecule has 1 saturated heterocycles. The molecule has 1 fully saturated rings. The first-order chi connectivity index (χ1) is 15.5. The number of hydrogen-bond acceptors (Lipinski definition) is 8. The van der Waals surface area contributed by atoms with Crippen LogP contribution >= 0.6 is 0 Å². The van der Waals surface area contributed by atoms with Gasteiger partial charge >= 0.3 is 0 Å². The molecule has 0 bridgehead atoms. The summed E-state index contributed by atoms with van der Waals surface area (Å²) in [6.45, 7) is 4.08. The zero-order chi connectivity index (χ0) is 22.5. The smallest absolute Gasteiger partial charge is 0.271 e. The molecule has 0 atom stereocenters. The number of amides is 1. The molecule has 0 aliphatic carbocycles. The molecule has 3 heterocycles. The standard InChI is InChI=1S/C22H24N6O4/c1-15-5-6-17(28(30)31)14-19(15)24-20(29)9-13-27-11-7-16(8-12-27)22-25-21(26-32-22)18-4-2-3-10-23-18/h2-6,10,14,16H,7-9,11-13H2,1H3,(H,24,29). The highest BCUT2D eigenvalue weighted by molar-refractivity contribution is 5.92. The summed E-state index contributed by atoms with van der Waals surface area (Å²) in [4.78, 5) is 33.8. The normalized spacial score (nSPS) is 14.9. The average Bonchev–Trinajstić information content (AvgIpc) is 3.30. The second-order valence-corrected chi connectivity index (χ2v) is 7.84. The van der Waals surface area contributed by atoms with Crippen molar-refractivity contribution in [2.24, 2.45) is 0 Å². The van der Waals surface area contributed by atoms with E-state index in [4.69, 9.17) is 4.52 Å². The van der Waals surface area contributed by atoms with Crippen LogP contribution in [0, 0.1) is 17.0 Å². The number of hydrogen-bond donors (Lipinski definition) is 1. The monoisotopic (exact) mass is 436 g/mol. The third-order valence-corrected chi connectivity index (χ3v) is 5.63. The fourth-order valence-corrected chi connectivity index (χ4v) is 3.73. The molecule has 0 radical (unpaired) electrons. The van der Waals surface area contributed by atoms with Crippen molar-refractivity contribution in [1.82, 2.24) is 20.0 Å². The Labute approximate surface area is 184 Å². The quantitative estimate of drug-likeness (QED) is 0.440. The molecule has 0 spiro atoms. The van der Waals surface area contributed by atoms with Gasteiger partial charge in [0.1, 0.15) is 5.69 Å². The highest BCUT2D eigenvalue weighted by atomic mass is 16.6. The fraction of sp³-hybridized carbons (Fsp3) is 0.364. The number of anilines is 1. The summed E-state index contributed by atoms with van der Waals surface area (Å²) in [5, 5.41) is 17.8. The van der Waals surface area contributed by atoms with Gasteiger partial charge in [-0.25, -0.2) is 0 Å². The van der Waals surface area contributed by atoms with Gasteiger partial charge in [-0.15, -0.1) is 0 Å². The van der Waals surface area contributed by atoms with E-state index >= 15 is 0 Å². The first-order valence-corrected chi connectivity index (χ1v) is 10.5. The van der Waals surface area contributed by atoms with E-state index < -0.39 is 4.92 Å². The van der Waals surface area contributed by atoms with Gasteiger partial charge in [0.15, 0.2) is 0 Å². The Kier molecular flexibility index (Phi) is 6.50. The molecule has 1 aromatic carbocycles. The van der Waals surface area contributed by atoms with E-state index in [1.807, 2.05) is 18.2 Å². The summed E-state index contributed by atoms with van der Waals surface area (Å²) in [5.41, 5.74) is 1.91. The molecule has 0 saturated carbocycles. The Hall–Kier alpha value is -3.66. The Morgan fingerprint density at radius 2 is 2.09 bits per heavy atom. The number of benzene rings is 1. The van der Waals surface area contributed by atoms with Crippen molar-refractivity contribution in [3.05, 3.63) is 64.2 Å². The van der Waals surface area contributed by atoms with Crippen molar-refractivity contribution in [3.63, 3.8) is 0 Å². The van der Waals surface area contributed by atoms with Gasteiger partial charge in [-0.05, 0) is 50.6 Å². The highest BCUT2D eigenvalue weighted by Crippen LogP contribution is 2.28. The number of nitrogens with one attached hydrogen (secondary N) is 1. The number of likely N-dealkylation sites (tertiary alicyclic amines) is 1. The van der Waals surface area contributed by atoms with Crippen molar-refractivity contribution in [2.45, 2.75) is 32.1 Å². The molecule has 1 amide bonds. The van der Waals surface area contributed by atoms with E-state index in [1.165, 1.54) is 12.1 Å². The largest absolute Gasteiger partial charge is 0.339 e. The zero-order valence-corrected chi connectivity index (χ0v) is 17.7. The molecular formula is C22H24N6O4. The van der Waals surface area contributed by atoms with Gasteiger partial charge in [0.05, 0.1) is 10.6 Å². The number of carbonyl (C=O) groups is 1. The van der Waals surface area contributed by atoms with E-state index in [2.05, 4.69) is 25.3 Å². The van der Waals surface area contributed by atoms with E-state index in [0.717, 1.165) is 31.5 Å². The number of aromatic nitrogens is 3. The third kappa shape index (κ3) is 5.14. The Bertz CT molecular complexity index is 1090. The van der Waals surface area contributed by atoms with Crippen molar-refractivity contribution in [3.8, 4) is 11.5 Å². The van der Waals surface area contributed by atoms with Gasteiger partial charge in [0.25, 0.3) is 5.69 Å². The lowest BCUT2D eigenvalue weighted by atomic mass is 9.96. The van der Waals surface area contributed by atoms with Crippen molar-refractivity contribution in [2.75, 3.05) is 25.0 Å². The van der Waals surface area contributed by atoms with Crippen LogP contribution in [0.25, 0.3) is 11.5 Å². The van der Waals surface area contributed by atoms with Gasteiger partial charge < -0.3 is 14.7 Å². The van der Waals surface area contributed by atoms with Gasteiger partial charge in [0, 0.05) is 37.2 Å². The van der Waals surface area contributed by atoms with Crippen LogP contribution < -0.4 is 5.32 Å². The summed E-state index contributed by atoms with van der Waals surface area (Å²) in [7, 11) is 0. The van der Waals surface area contributed by atoms with Gasteiger partial charge in [0.2, 0.25) is 17.6 Å². The molecule has 0 unspecified atom stereocenters. The maximum Gasteiger partial charge on any atom is 0.271 e. The molecule has 10 heteroatoms. The second kappa shape index (κ2) is 9.65. The topological polar surface area (TPSA) is 127 Å². The Balaban J connectivity index is 1.25. The average molecular weight is 436 g/mol. The van der Waals surface area contributed by atoms with Crippen LogP contribution in [0.3, 0.4) is 0 Å². The lowest BCUT2D eigenvalue weighted by molar-refractivity contribution is -0.384. The molecule has 1 aliphatic rings. The van der Waals surface area contributed by atoms with E-state index in [-0.39, 0.29) is 17.5 Å². The number of aryl methyl sites for hydroxylation is 1. The third-order valence-electron chi connectivity index (χ3n) is 5.63. The minimum atomic E-state index is -0.470. The lowest BCUT2D eigenvalue weighted by Crippen LogP contribution is -2.35. The SMILES string of the molecule is Cc1ccc([N+](=O)[O-])cc1NC(=O)CCN1CCC(c2nc(-c3ccccn3)no2)CC1. The molecule has 4 rings (SSSR count). The summed E-state index contributed by atoms with van der Waals surface area (Å²) in [6, 6.07) is 10.0. The van der Waals surface area contributed by atoms with Crippen LogP contribution in [0.2, 0.25) is 0 Å². The number of nitrogens with zero attached hydrogens (tertiary/aromatic N) is 5. The van der Waals surface area contributed by atoms with Crippen LogP contribution in [0.15, 0.2) is 47.1 Å². The summed E-state index contributed by atoms with van der Waals surface area (Å²) >= 11 is 0. The van der Waals surface area contributed by atoms with Gasteiger partial charge in [-0.3, -0.25) is 19.9 Å². The lowest BCUT2D eigenvalue weighted by Gasteiger charge is -2.30. The molecule has 32 heavy (non-hydrogen) atoms. The van der Waals surface area contributed by atoms with Crippen molar-refractivity contribution in [1.29, 1.82) is 0 Å². The Morgan fingerprint density at radius 3 is 2.81 bits per heavy atom. The first kappa shape index (κ1) is 21.6. The minimum Gasteiger partial charge on any atom is -0.339 e. The maximum atomic E-state index is 12.4. The summed E-state index contributed by atoms with van der Waals surface area (Å²) < 4.78 is 5.46. The van der Waals surface area contributed by atoms with Crippen LogP contribution in [-0.2, 0) is 4.79 Å². The number of nitro benzene ring substituents is 1. The van der Waals surface area contributed by atoms with Gasteiger partial charge in [-0.1, -0.05) is 17.3 Å². The molecular weight excluding hydrogens is 412 g/mol. The van der Waals surface area contributed by atoms with Crippen molar-refractivity contribution < 1.29 is 14.2 Å². The van der Waals surface area contributed by atoms with Crippen molar-refractivity contribution >= 4 is 17.3 Å². The van der Waals surface area contributed by atoms with Crippen LogP contribution in [0.5, 0.6) is 0 Å². The van der Waals surface area contributed by atoms with Gasteiger partial charge in [-0.2, -0.15) is 4.98 Å². The maximum absolute atomic E-state index is 12.4. The molecule has 10 nitrogen and oxygen atoms in total. The number of nitro groups is 1. The summed E-state index contributed by atoms with van der Waals surface area (Å²) in [6.07, 6.45) is 3.75. The van der Waals surface area contributed by atoms with Crippen LogP contribution in [0.4, 0.5) is 11.4 Å².